The highest BCUT2D eigenvalue weighted by molar-refractivity contribution is 6.47. The molecule has 4 aliphatic carbocycles. The van der Waals surface area contributed by atoms with Crippen LogP contribution in [0.5, 0.6) is 0 Å². The summed E-state index contributed by atoms with van der Waals surface area (Å²) in [5, 5.41) is -0.163. The van der Waals surface area contributed by atoms with Gasteiger partial charge in [-0.3, -0.25) is 24.1 Å². The van der Waals surface area contributed by atoms with Crippen LogP contribution < -0.4 is 0 Å². The van der Waals surface area contributed by atoms with Gasteiger partial charge in [-0.2, -0.15) is 0 Å². The van der Waals surface area contributed by atoms with Crippen molar-refractivity contribution in [3.8, 4) is 0 Å². The first-order valence-electron chi connectivity index (χ1n) is 13.6. The van der Waals surface area contributed by atoms with Gasteiger partial charge in [0, 0.05) is 5.54 Å². The average molecular weight is 465 g/mol. The molecule has 0 aromatic heterocycles. The Bertz CT molecular complexity index is 931. The van der Waals surface area contributed by atoms with Crippen LogP contribution in [0.1, 0.15) is 73.6 Å². The van der Waals surface area contributed by atoms with Crippen molar-refractivity contribution in [2.45, 2.75) is 84.5 Å². The summed E-state index contributed by atoms with van der Waals surface area (Å²) in [4.78, 5) is 57.4. The van der Waals surface area contributed by atoms with Crippen LogP contribution in [0.2, 0.25) is 5.31 Å². The number of rotatable bonds is 6. The Morgan fingerprint density at radius 3 is 1.41 bits per heavy atom. The maximum atomic E-state index is 13.6. The Morgan fingerprint density at radius 2 is 1.06 bits per heavy atom. The fraction of sp³-hybridized carbons (Fsp3) is 0.852. The molecule has 1 radical (unpaired) electrons. The molecule has 2 unspecified atom stereocenters. The number of amides is 4. The maximum Gasteiger partial charge on any atom is 0.266 e. The van der Waals surface area contributed by atoms with E-state index in [9.17, 15) is 19.2 Å². The quantitative estimate of drug-likeness (QED) is 0.342. The van der Waals surface area contributed by atoms with Crippen molar-refractivity contribution in [1.29, 1.82) is 0 Å². The Kier molecular flexibility index (Phi) is 4.67. The van der Waals surface area contributed by atoms with Gasteiger partial charge in [-0.25, -0.2) is 0 Å². The summed E-state index contributed by atoms with van der Waals surface area (Å²) >= 11 is 0. The molecule has 34 heavy (non-hydrogen) atoms. The van der Waals surface area contributed by atoms with Crippen molar-refractivity contribution in [1.82, 2.24) is 9.71 Å². The van der Waals surface area contributed by atoms with Gasteiger partial charge in [-0.1, -0.05) is 40.5 Å². The third kappa shape index (κ3) is 2.49. The van der Waals surface area contributed by atoms with Crippen LogP contribution >= 0.6 is 0 Å². The molecule has 7 heteroatoms. The molecule has 6 aliphatic rings. The number of hydrogen-bond donors (Lipinski definition) is 0. The van der Waals surface area contributed by atoms with Crippen LogP contribution in [0.3, 0.4) is 0 Å². The Hall–Kier alpha value is -1.66. The van der Waals surface area contributed by atoms with Gasteiger partial charge in [0.2, 0.25) is 23.6 Å². The van der Waals surface area contributed by atoms with E-state index < -0.39 is 5.54 Å². The van der Waals surface area contributed by atoms with Gasteiger partial charge < -0.3 is 4.81 Å². The van der Waals surface area contributed by atoms with Gasteiger partial charge in [0.05, 0.1) is 23.7 Å². The van der Waals surface area contributed by atoms with E-state index in [4.69, 9.17) is 0 Å². The minimum Gasteiger partial charge on any atom is -0.333 e. The standard InChI is InChI=1S/C27H38BN2O4/c1-7-26(4,5)29-22(31)18-12-10-13(19(18)23(29)32)17-15-11-14(16(12)17)20-21(15)25(34)30(24(20)33)28-27(6,8-2)9-3/h12-21H,7-11H2,1-6H3/t12-,13+,14-,15+,16?,17?,18-,19+,20-,21+. The average Bonchev–Trinajstić information content (AvgIpc) is 3.62. The van der Waals surface area contributed by atoms with Crippen molar-refractivity contribution in [3.05, 3.63) is 0 Å². The number of carbonyl (C=O) groups is 4. The number of fused-ring (bicyclic) bond motifs is 15. The molecule has 6 rings (SSSR count). The highest BCUT2D eigenvalue weighted by atomic mass is 16.2. The van der Waals surface area contributed by atoms with Crippen molar-refractivity contribution in [2.24, 2.45) is 59.2 Å². The fourth-order valence-electron chi connectivity index (χ4n) is 9.45. The first-order valence-corrected chi connectivity index (χ1v) is 13.6. The summed E-state index contributed by atoms with van der Waals surface area (Å²) < 4.78 is 0. The van der Waals surface area contributed by atoms with Crippen LogP contribution in [0.15, 0.2) is 0 Å². The van der Waals surface area contributed by atoms with Crippen LogP contribution in [-0.2, 0) is 19.2 Å². The second kappa shape index (κ2) is 6.97. The van der Waals surface area contributed by atoms with Crippen LogP contribution in [-0.4, -0.2) is 46.3 Å². The summed E-state index contributed by atoms with van der Waals surface area (Å²) in [5.74, 6) is 0.600. The first kappa shape index (κ1) is 22.8. The SMILES string of the molecule is CCC(C)([B]N1C(=O)[C@@H]2[C@H](C1=O)[C@@H]1C[C@H]2C2C1[C@H]1C[C@@H]2[C@@H]2C(=O)N(C(C)(C)CC)C(=O)[C@@H]21)CC. The van der Waals surface area contributed by atoms with Crippen molar-refractivity contribution < 1.29 is 19.2 Å². The molecule has 10 atom stereocenters. The van der Waals surface area contributed by atoms with E-state index >= 15 is 0 Å². The van der Waals surface area contributed by atoms with E-state index in [0.29, 0.717) is 11.8 Å². The van der Waals surface area contributed by atoms with E-state index in [1.165, 1.54) is 4.81 Å². The van der Waals surface area contributed by atoms with E-state index in [1.54, 1.807) is 4.90 Å². The monoisotopic (exact) mass is 465 g/mol. The molecule has 0 aromatic carbocycles. The third-order valence-electron chi connectivity index (χ3n) is 11.7. The number of likely N-dealkylation sites (tertiary alicyclic amines) is 1. The fourth-order valence-corrected chi connectivity index (χ4v) is 9.45. The lowest BCUT2D eigenvalue weighted by Gasteiger charge is -2.42. The lowest BCUT2D eigenvalue weighted by molar-refractivity contribution is -0.147. The van der Waals surface area contributed by atoms with E-state index in [2.05, 4.69) is 20.8 Å². The molecule has 6 nitrogen and oxygen atoms in total. The largest absolute Gasteiger partial charge is 0.333 e. The molecule has 6 fully saturated rings. The molecule has 4 saturated carbocycles. The summed E-state index contributed by atoms with van der Waals surface area (Å²) in [7, 11) is 1.91. The van der Waals surface area contributed by atoms with E-state index in [-0.39, 0.29) is 76.3 Å². The van der Waals surface area contributed by atoms with Crippen LogP contribution in [0, 0.1) is 59.2 Å². The Morgan fingerprint density at radius 1 is 0.676 bits per heavy atom. The van der Waals surface area contributed by atoms with Gasteiger partial charge in [0.15, 0.2) is 0 Å². The lowest BCUT2D eigenvalue weighted by Crippen LogP contribution is -2.48. The first-order chi connectivity index (χ1) is 16.0. The minimum absolute atomic E-state index is 0.00374. The van der Waals surface area contributed by atoms with Crippen LogP contribution in [0.4, 0.5) is 0 Å². The molecule has 4 amide bonds. The molecule has 0 spiro atoms. The summed E-state index contributed by atoms with van der Waals surface area (Å²) in [6.45, 7) is 12.3. The van der Waals surface area contributed by atoms with E-state index in [0.717, 1.165) is 32.1 Å². The number of carbonyl (C=O) groups excluding carboxylic acids is 4. The van der Waals surface area contributed by atoms with Gasteiger partial charge >= 0.3 is 0 Å². The normalized spacial score (nSPS) is 44.4. The second-order valence-corrected chi connectivity index (χ2v) is 13.1. The van der Waals surface area contributed by atoms with Crippen molar-refractivity contribution >= 4 is 31.0 Å². The minimum atomic E-state index is -0.462. The molecule has 2 saturated heterocycles. The molecule has 4 bridgehead atoms. The molecule has 0 N–H and O–H groups in total. The predicted octanol–water partition coefficient (Wildman–Crippen LogP) is 3.53. The molecule has 183 valence electrons. The van der Waals surface area contributed by atoms with Crippen molar-refractivity contribution in [3.63, 3.8) is 0 Å². The molecular formula is C27H38BN2O4. The zero-order valence-electron chi connectivity index (χ0n) is 21.4. The molecule has 2 aliphatic heterocycles. The molecule has 2 heterocycles. The smallest absolute Gasteiger partial charge is 0.266 e. The number of hydrogen-bond acceptors (Lipinski definition) is 4. The summed E-state index contributed by atoms with van der Waals surface area (Å²) in [6.07, 6.45) is 4.36. The van der Waals surface area contributed by atoms with Crippen LogP contribution in [0.25, 0.3) is 0 Å². The number of nitrogens with zero attached hydrogens (tertiary/aromatic N) is 2. The number of imide groups is 2. The molecular weight excluding hydrogens is 427 g/mol. The topological polar surface area (TPSA) is 74.8 Å². The zero-order chi connectivity index (χ0) is 24.5. The van der Waals surface area contributed by atoms with Gasteiger partial charge in [-0.05, 0) is 73.9 Å². The predicted molar refractivity (Wildman–Crippen MR) is 127 cm³/mol. The Labute approximate surface area is 203 Å². The molecule has 0 aromatic rings. The van der Waals surface area contributed by atoms with Gasteiger partial charge in [-0.15, -0.1) is 0 Å². The lowest BCUT2D eigenvalue weighted by atomic mass is 9.57. The summed E-state index contributed by atoms with van der Waals surface area (Å²) in [5.41, 5.74) is -0.462. The second-order valence-electron chi connectivity index (χ2n) is 13.1. The van der Waals surface area contributed by atoms with Crippen molar-refractivity contribution in [2.75, 3.05) is 0 Å². The van der Waals surface area contributed by atoms with Gasteiger partial charge in [0.1, 0.15) is 0 Å². The summed E-state index contributed by atoms with van der Waals surface area (Å²) in [6, 6.07) is 0. The zero-order valence-corrected chi connectivity index (χ0v) is 21.4. The highest BCUT2D eigenvalue weighted by Crippen LogP contribution is 2.75. The third-order valence-corrected chi connectivity index (χ3v) is 11.7. The maximum absolute atomic E-state index is 13.6. The van der Waals surface area contributed by atoms with Gasteiger partial charge in [0.25, 0.3) is 7.41 Å². The highest BCUT2D eigenvalue weighted by Gasteiger charge is 2.77. The van der Waals surface area contributed by atoms with E-state index in [1.807, 2.05) is 28.2 Å². The Balaban J connectivity index is 1.30.